The van der Waals surface area contributed by atoms with Crippen molar-refractivity contribution in [2.45, 2.75) is 26.3 Å². The first-order valence-corrected chi connectivity index (χ1v) is 6.97. The van der Waals surface area contributed by atoms with Crippen LogP contribution in [-0.4, -0.2) is 5.91 Å². The molecule has 3 nitrogen and oxygen atoms in total. The lowest BCUT2D eigenvalue weighted by atomic mass is 10.0. The molecule has 0 bridgehead atoms. The van der Waals surface area contributed by atoms with Gasteiger partial charge in [-0.25, -0.2) is 0 Å². The zero-order valence-corrected chi connectivity index (χ0v) is 12.3. The summed E-state index contributed by atoms with van der Waals surface area (Å²) in [7, 11) is 0. The molecule has 0 aliphatic heterocycles. The summed E-state index contributed by atoms with van der Waals surface area (Å²) in [6.07, 6.45) is 0. The summed E-state index contributed by atoms with van der Waals surface area (Å²) in [5.41, 5.74) is 3.47. The van der Waals surface area contributed by atoms with Gasteiger partial charge in [-0.05, 0) is 41.3 Å². The van der Waals surface area contributed by atoms with E-state index in [0.717, 1.165) is 5.56 Å². The van der Waals surface area contributed by atoms with Crippen molar-refractivity contribution in [3.63, 3.8) is 0 Å². The largest absolute Gasteiger partial charge is 0.348 e. The fourth-order valence-electron chi connectivity index (χ4n) is 2.00. The predicted molar refractivity (Wildman–Crippen MR) is 82.9 cm³/mol. The lowest BCUT2D eigenvalue weighted by Crippen LogP contribution is -2.22. The molecule has 0 atom stereocenters. The van der Waals surface area contributed by atoms with Crippen LogP contribution in [0.1, 0.15) is 46.8 Å². The molecule has 2 aromatic rings. The monoisotopic (exact) mass is 278 g/mol. The predicted octanol–water partition coefficient (Wildman–Crippen LogP) is 3.61. The maximum atomic E-state index is 12.1. The second-order valence-corrected chi connectivity index (χ2v) is 5.27. The average molecular weight is 278 g/mol. The molecule has 0 radical (unpaired) electrons. The highest BCUT2D eigenvalue weighted by Gasteiger charge is 2.06. The molecule has 0 saturated carbocycles. The van der Waals surface area contributed by atoms with E-state index in [2.05, 4.69) is 25.2 Å². The van der Waals surface area contributed by atoms with Crippen molar-refractivity contribution in [1.82, 2.24) is 5.32 Å². The highest BCUT2D eigenvalue weighted by Crippen LogP contribution is 2.14. The summed E-state index contributed by atoms with van der Waals surface area (Å²) in [5.74, 6) is 0.371. The second-order valence-electron chi connectivity index (χ2n) is 5.27. The summed E-state index contributed by atoms with van der Waals surface area (Å²) >= 11 is 0. The van der Waals surface area contributed by atoms with Crippen LogP contribution in [0.3, 0.4) is 0 Å². The minimum absolute atomic E-state index is 0.0883. The van der Waals surface area contributed by atoms with Gasteiger partial charge in [-0.15, -0.1) is 0 Å². The molecule has 3 heteroatoms. The Morgan fingerprint density at radius 2 is 1.71 bits per heavy atom. The molecule has 2 rings (SSSR count). The second kappa shape index (κ2) is 6.71. The molecule has 0 saturated heterocycles. The van der Waals surface area contributed by atoms with Gasteiger partial charge >= 0.3 is 0 Å². The first kappa shape index (κ1) is 14.8. The number of nitriles is 1. The minimum atomic E-state index is -0.0883. The van der Waals surface area contributed by atoms with E-state index in [1.165, 1.54) is 5.56 Å². The summed E-state index contributed by atoms with van der Waals surface area (Å²) in [5, 5.41) is 11.6. The van der Waals surface area contributed by atoms with Crippen molar-refractivity contribution < 1.29 is 4.79 Å². The van der Waals surface area contributed by atoms with Gasteiger partial charge in [0, 0.05) is 12.1 Å². The van der Waals surface area contributed by atoms with E-state index < -0.39 is 0 Å². The van der Waals surface area contributed by atoms with Crippen LogP contribution in [0.2, 0.25) is 0 Å². The van der Waals surface area contributed by atoms with E-state index >= 15 is 0 Å². The maximum Gasteiger partial charge on any atom is 0.251 e. The summed E-state index contributed by atoms with van der Waals surface area (Å²) < 4.78 is 0. The van der Waals surface area contributed by atoms with E-state index in [9.17, 15) is 4.79 Å². The van der Waals surface area contributed by atoms with E-state index in [0.29, 0.717) is 23.6 Å². The molecule has 0 spiro atoms. The number of benzene rings is 2. The number of amides is 1. The molecule has 0 unspecified atom stereocenters. The van der Waals surface area contributed by atoms with Crippen LogP contribution < -0.4 is 5.32 Å². The van der Waals surface area contributed by atoms with Gasteiger partial charge in [0.1, 0.15) is 0 Å². The average Bonchev–Trinajstić information content (AvgIpc) is 2.53. The third-order valence-corrected chi connectivity index (χ3v) is 3.38. The molecule has 1 N–H and O–H groups in total. The van der Waals surface area contributed by atoms with Gasteiger partial charge in [0.15, 0.2) is 0 Å². The van der Waals surface area contributed by atoms with Gasteiger partial charge < -0.3 is 5.32 Å². The van der Waals surface area contributed by atoms with Crippen LogP contribution >= 0.6 is 0 Å². The number of nitrogens with zero attached hydrogens (tertiary/aromatic N) is 1. The number of carbonyl (C=O) groups is 1. The standard InChI is InChI=1S/C18H18N2O/c1-13(2)16-7-9-17(10-8-16)18(21)20-12-15-5-3-14(11-19)4-6-15/h3-10,13H,12H2,1-2H3,(H,20,21). The molecule has 0 aromatic heterocycles. The number of rotatable bonds is 4. The number of hydrogen-bond acceptors (Lipinski definition) is 2. The van der Waals surface area contributed by atoms with Crippen molar-refractivity contribution in [2.24, 2.45) is 0 Å². The van der Waals surface area contributed by atoms with Gasteiger partial charge in [0.05, 0.1) is 11.6 Å². The Morgan fingerprint density at radius 3 is 2.24 bits per heavy atom. The topological polar surface area (TPSA) is 52.9 Å². The third kappa shape index (κ3) is 3.93. The van der Waals surface area contributed by atoms with Crippen LogP contribution in [0.25, 0.3) is 0 Å². The van der Waals surface area contributed by atoms with Crippen LogP contribution in [0.5, 0.6) is 0 Å². The van der Waals surface area contributed by atoms with Crippen molar-refractivity contribution in [1.29, 1.82) is 5.26 Å². The van der Waals surface area contributed by atoms with Crippen molar-refractivity contribution in [3.05, 3.63) is 70.8 Å². The van der Waals surface area contributed by atoms with Crippen LogP contribution in [-0.2, 0) is 6.54 Å². The Bertz CT molecular complexity index is 649. The van der Waals surface area contributed by atoms with Gasteiger partial charge in [-0.1, -0.05) is 38.1 Å². The zero-order chi connectivity index (χ0) is 15.2. The Balaban J connectivity index is 1.96. The molecular weight excluding hydrogens is 260 g/mol. The lowest BCUT2D eigenvalue weighted by molar-refractivity contribution is 0.0951. The number of hydrogen-bond donors (Lipinski definition) is 1. The maximum absolute atomic E-state index is 12.1. The SMILES string of the molecule is CC(C)c1ccc(C(=O)NCc2ccc(C#N)cc2)cc1. The minimum Gasteiger partial charge on any atom is -0.348 e. The van der Waals surface area contributed by atoms with Gasteiger partial charge in [0.2, 0.25) is 0 Å². The Kier molecular flexibility index (Phi) is 4.73. The molecule has 0 aliphatic carbocycles. The van der Waals surface area contributed by atoms with Crippen LogP contribution in [0.15, 0.2) is 48.5 Å². The highest BCUT2D eigenvalue weighted by atomic mass is 16.1. The molecule has 1 amide bonds. The fraction of sp³-hybridized carbons (Fsp3) is 0.222. The molecule has 0 heterocycles. The van der Waals surface area contributed by atoms with Crippen molar-refractivity contribution in [2.75, 3.05) is 0 Å². The quantitative estimate of drug-likeness (QED) is 0.928. The normalized spacial score (nSPS) is 10.2. The highest BCUT2D eigenvalue weighted by molar-refractivity contribution is 5.94. The molecule has 0 aliphatic rings. The number of nitrogens with one attached hydrogen (secondary N) is 1. The van der Waals surface area contributed by atoms with Crippen LogP contribution in [0.4, 0.5) is 0 Å². The van der Waals surface area contributed by atoms with Gasteiger partial charge in [-0.3, -0.25) is 4.79 Å². The van der Waals surface area contributed by atoms with Gasteiger partial charge in [0.25, 0.3) is 5.91 Å². The Morgan fingerprint density at radius 1 is 1.10 bits per heavy atom. The molecule has 21 heavy (non-hydrogen) atoms. The van der Waals surface area contributed by atoms with E-state index in [4.69, 9.17) is 5.26 Å². The zero-order valence-electron chi connectivity index (χ0n) is 12.3. The lowest BCUT2D eigenvalue weighted by Gasteiger charge is -2.08. The first-order chi connectivity index (χ1) is 10.1. The van der Waals surface area contributed by atoms with Gasteiger partial charge in [-0.2, -0.15) is 5.26 Å². The van der Waals surface area contributed by atoms with E-state index in [1.54, 1.807) is 12.1 Å². The van der Waals surface area contributed by atoms with E-state index in [1.807, 2.05) is 36.4 Å². The Hall–Kier alpha value is -2.60. The first-order valence-electron chi connectivity index (χ1n) is 6.97. The third-order valence-electron chi connectivity index (χ3n) is 3.38. The fourth-order valence-corrected chi connectivity index (χ4v) is 2.00. The summed E-state index contributed by atoms with van der Waals surface area (Å²) in [6, 6.07) is 16.9. The Labute approximate surface area is 125 Å². The molecule has 106 valence electrons. The van der Waals surface area contributed by atoms with E-state index in [-0.39, 0.29) is 5.91 Å². The smallest absolute Gasteiger partial charge is 0.251 e. The molecule has 0 fully saturated rings. The molecular formula is C18H18N2O. The van der Waals surface area contributed by atoms with Crippen molar-refractivity contribution in [3.8, 4) is 6.07 Å². The summed E-state index contributed by atoms with van der Waals surface area (Å²) in [6.45, 7) is 4.70. The molecule has 2 aromatic carbocycles. The number of carbonyl (C=O) groups excluding carboxylic acids is 1. The summed E-state index contributed by atoms with van der Waals surface area (Å²) in [4.78, 5) is 12.1. The van der Waals surface area contributed by atoms with Crippen molar-refractivity contribution >= 4 is 5.91 Å². The van der Waals surface area contributed by atoms with Crippen LogP contribution in [0, 0.1) is 11.3 Å².